The van der Waals surface area contributed by atoms with Crippen molar-refractivity contribution in [1.29, 1.82) is 0 Å². The van der Waals surface area contributed by atoms with E-state index in [1.807, 2.05) is 0 Å². The zero-order chi connectivity index (χ0) is 12.1. The van der Waals surface area contributed by atoms with Crippen LogP contribution in [0.1, 0.15) is 6.92 Å². The van der Waals surface area contributed by atoms with E-state index >= 15 is 0 Å². The topological polar surface area (TPSA) is 35.5 Å². The average Bonchev–Trinajstić information content (AvgIpc) is 2.20. The van der Waals surface area contributed by atoms with Gasteiger partial charge < -0.3 is 9.47 Å². The average molecular weight is 281 g/mol. The number of esters is 1. The van der Waals surface area contributed by atoms with Crippen molar-refractivity contribution in [3.63, 3.8) is 0 Å². The fraction of sp³-hybridized carbons (Fsp3) is 0.300. The van der Waals surface area contributed by atoms with Crippen LogP contribution in [0.2, 0.25) is 5.02 Å². The first-order chi connectivity index (χ1) is 7.49. The SMILES string of the molecule is CC(P)OC(=O)C(Cl)Oc1ccc(Cl)cc1. The van der Waals surface area contributed by atoms with Crippen molar-refractivity contribution in [2.24, 2.45) is 0 Å². The molecule has 0 aliphatic carbocycles. The van der Waals surface area contributed by atoms with E-state index < -0.39 is 11.5 Å². The molecule has 3 nitrogen and oxygen atoms in total. The Morgan fingerprint density at radius 2 is 1.94 bits per heavy atom. The molecule has 1 aromatic carbocycles. The zero-order valence-electron chi connectivity index (χ0n) is 8.52. The van der Waals surface area contributed by atoms with E-state index in [9.17, 15) is 4.79 Å². The monoisotopic (exact) mass is 280 g/mol. The molecule has 1 rings (SSSR count). The molecule has 0 bridgehead atoms. The van der Waals surface area contributed by atoms with Crippen molar-refractivity contribution < 1.29 is 14.3 Å². The van der Waals surface area contributed by atoms with Crippen molar-refractivity contribution in [3.05, 3.63) is 29.3 Å². The fourth-order valence-electron chi connectivity index (χ4n) is 0.917. The lowest BCUT2D eigenvalue weighted by atomic mass is 10.3. The number of hydrogen-bond acceptors (Lipinski definition) is 3. The molecule has 0 saturated carbocycles. The van der Waals surface area contributed by atoms with Crippen LogP contribution in [0.15, 0.2) is 24.3 Å². The van der Waals surface area contributed by atoms with Gasteiger partial charge in [0.1, 0.15) is 11.6 Å². The van der Waals surface area contributed by atoms with Gasteiger partial charge in [0.05, 0.1) is 0 Å². The van der Waals surface area contributed by atoms with Gasteiger partial charge in [-0.15, -0.1) is 0 Å². The summed E-state index contributed by atoms with van der Waals surface area (Å²) in [6.07, 6.45) is 0. The maximum Gasteiger partial charge on any atom is 0.363 e. The summed E-state index contributed by atoms with van der Waals surface area (Å²) >= 11 is 11.4. The van der Waals surface area contributed by atoms with E-state index in [-0.39, 0.29) is 5.85 Å². The van der Waals surface area contributed by atoms with Gasteiger partial charge >= 0.3 is 5.97 Å². The van der Waals surface area contributed by atoms with Crippen molar-refractivity contribution in [2.45, 2.75) is 18.3 Å². The lowest BCUT2D eigenvalue weighted by molar-refractivity contribution is -0.149. The molecule has 1 aromatic rings. The van der Waals surface area contributed by atoms with E-state index in [0.717, 1.165) is 0 Å². The minimum atomic E-state index is -1.16. The van der Waals surface area contributed by atoms with Crippen LogP contribution in [0.25, 0.3) is 0 Å². The Kier molecular flexibility index (Phi) is 5.33. The Labute approximate surface area is 106 Å². The van der Waals surface area contributed by atoms with Crippen molar-refractivity contribution in [1.82, 2.24) is 0 Å². The Morgan fingerprint density at radius 3 is 2.44 bits per heavy atom. The summed E-state index contributed by atoms with van der Waals surface area (Å²) in [7, 11) is 2.33. The second-order valence-electron chi connectivity index (χ2n) is 3.03. The first kappa shape index (κ1) is 13.6. The number of alkyl halides is 1. The van der Waals surface area contributed by atoms with Gasteiger partial charge in [-0.1, -0.05) is 32.4 Å². The molecule has 0 spiro atoms. The first-order valence-corrected chi connectivity index (χ1v) is 5.99. The molecular weight excluding hydrogens is 270 g/mol. The number of carbonyl (C=O) groups excluding carboxylic acids is 1. The molecule has 3 unspecified atom stereocenters. The standard InChI is InChI=1S/C10H11Cl2O3P/c1-6(16)14-10(13)9(12)15-8-4-2-7(11)3-5-8/h2-6,9H,16H2,1H3. The highest BCUT2D eigenvalue weighted by Crippen LogP contribution is 2.18. The van der Waals surface area contributed by atoms with Crippen LogP contribution >= 0.6 is 32.4 Å². The van der Waals surface area contributed by atoms with Crippen molar-refractivity contribution >= 4 is 38.4 Å². The Hall–Kier alpha value is -0.500. The van der Waals surface area contributed by atoms with Gasteiger partial charge in [-0.05, 0) is 31.2 Å². The van der Waals surface area contributed by atoms with E-state index in [4.69, 9.17) is 32.7 Å². The minimum Gasteiger partial charge on any atom is -0.463 e. The summed E-state index contributed by atoms with van der Waals surface area (Å²) in [4.78, 5) is 11.3. The summed E-state index contributed by atoms with van der Waals surface area (Å²) in [5.41, 5.74) is -1.16. The molecule has 0 aromatic heterocycles. The molecule has 3 atom stereocenters. The van der Waals surface area contributed by atoms with E-state index in [2.05, 4.69) is 9.24 Å². The quantitative estimate of drug-likeness (QED) is 0.483. The smallest absolute Gasteiger partial charge is 0.363 e. The molecule has 16 heavy (non-hydrogen) atoms. The zero-order valence-corrected chi connectivity index (χ0v) is 11.2. The van der Waals surface area contributed by atoms with Gasteiger partial charge in [0.2, 0.25) is 0 Å². The van der Waals surface area contributed by atoms with Crippen LogP contribution in [-0.4, -0.2) is 17.4 Å². The van der Waals surface area contributed by atoms with Crippen molar-refractivity contribution in [3.8, 4) is 5.75 Å². The highest BCUT2D eigenvalue weighted by atomic mass is 35.5. The molecule has 0 aliphatic heterocycles. The number of rotatable bonds is 4. The summed E-state index contributed by atoms with van der Waals surface area (Å²) in [5.74, 6) is -0.473. The summed E-state index contributed by atoms with van der Waals surface area (Å²) in [6, 6.07) is 6.53. The van der Waals surface area contributed by atoms with Crippen LogP contribution in [0.3, 0.4) is 0 Å². The molecule has 0 saturated heterocycles. The minimum absolute atomic E-state index is 0.303. The number of halogens is 2. The maximum absolute atomic E-state index is 11.3. The van der Waals surface area contributed by atoms with E-state index in [0.29, 0.717) is 10.8 Å². The second kappa shape index (κ2) is 6.29. The van der Waals surface area contributed by atoms with Crippen LogP contribution in [0.5, 0.6) is 5.75 Å². The Morgan fingerprint density at radius 1 is 1.38 bits per heavy atom. The maximum atomic E-state index is 11.3. The highest BCUT2D eigenvalue weighted by molar-refractivity contribution is 7.17. The van der Waals surface area contributed by atoms with Gasteiger partial charge in [-0.25, -0.2) is 4.79 Å². The summed E-state index contributed by atoms with van der Waals surface area (Å²) < 4.78 is 10.0. The molecule has 0 heterocycles. The number of carbonyl (C=O) groups is 1. The third-order valence-electron chi connectivity index (χ3n) is 1.54. The number of benzene rings is 1. The van der Waals surface area contributed by atoms with Crippen molar-refractivity contribution in [2.75, 3.05) is 0 Å². The molecule has 0 amide bonds. The number of hydrogen-bond donors (Lipinski definition) is 0. The molecule has 0 aliphatic rings. The normalized spacial score (nSPS) is 14.0. The van der Waals surface area contributed by atoms with E-state index in [1.165, 1.54) is 0 Å². The van der Waals surface area contributed by atoms with Gasteiger partial charge in [-0.2, -0.15) is 0 Å². The van der Waals surface area contributed by atoms with Crippen LogP contribution in [0.4, 0.5) is 0 Å². The van der Waals surface area contributed by atoms with Gasteiger partial charge in [0.15, 0.2) is 0 Å². The largest absolute Gasteiger partial charge is 0.463 e. The molecule has 0 fully saturated rings. The van der Waals surface area contributed by atoms with Gasteiger partial charge in [-0.3, -0.25) is 0 Å². The van der Waals surface area contributed by atoms with Gasteiger partial charge in [0, 0.05) is 5.02 Å². The molecule has 0 radical (unpaired) electrons. The lowest BCUT2D eigenvalue weighted by Gasteiger charge is -2.13. The fourth-order valence-corrected chi connectivity index (χ4v) is 1.33. The number of ether oxygens (including phenoxy) is 2. The Bertz CT molecular complexity index is 354. The molecule has 88 valence electrons. The molecule has 0 N–H and O–H groups in total. The molecule has 6 heteroatoms. The van der Waals surface area contributed by atoms with E-state index in [1.54, 1.807) is 31.2 Å². The van der Waals surface area contributed by atoms with Gasteiger partial charge in [0.25, 0.3) is 5.56 Å². The highest BCUT2D eigenvalue weighted by Gasteiger charge is 2.19. The predicted molar refractivity (Wildman–Crippen MR) is 67.0 cm³/mol. The third-order valence-corrected chi connectivity index (χ3v) is 2.20. The lowest BCUT2D eigenvalue weighted by Crippen LogP contribution is -2.25. The Balaban J connectivity index is 2.53. The van der Waals surface area contributed by atoms with Crippen LogP contribution in [0, 0.1) is 0 Å². The van der Waals surface area contributed by atoms with Crippen LogP contribution < -0.4 is 4.74 Å². The van der Waals surface area contributed by atoms with Crippen LogP contribution in [-0.2, 0) is 9.53 Å². The summed E-state index contributed by atoms with van der Waals surface area (Å²) in [6.45, 7) is 1.70. The first-order valence-electron chi connectivity index (χ1n) is 4.51. The summed E-state index contributed by atoms with van der Waals surface area (Å²) in [5, 5.41) is 0.583. The predicted octanol–water partition coefficient (Wildman–Crippen LogP) is 3.05. The molecular formula is C10H11Cl2O3P. The second-order valence-corrected chi connectivity index (χ2v) is 4.80. The third kappa shape index (κ3) is 4.56.